The number of thioether (sulfide) groups is 1. The van der Waals surface area contributed by atoms with E-state index in [4.69, 9.17) is 9.47 Å². The first-order valence-electron chi connectivity index (χ1n) is 8.08. The van der Waals surface area contributed by atoms with Crippen LogP contribution in [0, 0.1) is 0 Å². The Balaban J connectivity index is 1.95. The first kappa shape index (κ1) is 19.2. The zero-order valence-corrected chi connectivity index (χ0v) is 15.5. The highest BCUT2D eigenvalue weighted by molar-refractivity contribution is 8.00. The van der Waals surface area contributed by atoms with Gasteiger partial charge in [-0.1, -0.05) is 6.08 Å². The lowest BCUT2D eigenvalue weighted by Gasteiger charge is -2.35. The number of ether oxygens (including phenoxy) is 2. The molecule has 1 heterocycles. The number of piperazine rings is 1. The van der Waals surface area contributed by atoms with Crippen molar-refractivity contribution in [1.82, 2.24) is 9.80 Å². The van der Waals surface area contributed by atoms with Crippen molar-refractivity contribution in [2.45, 2.75) is 0 Å². The fraction of sp³-hybridized carbons (Fsp3) is 0.444. The first-order chi connectivity index (χ1) is 12.1. The van der Waals surface area contributed by atoms with Gasteiger partial charge >= 0.3 is 0 Å². The summed E-state index contributed by atoms with van der Waals surface area (Å²) >= 11 is 1.55. The van der Waals surface area contributed by atoms with Crippen LogP contribution in [-0.4, -0.2) is 73.5 Å². The number of carbonyl (C=O) groups is 2. The lowest BCUT2D eigenvalue weighted by molar-refractivity contribution is -0.129. The largest absolute Gasteiger partial charge is 0.497 e. The maximum Gasteiger partial charge on any atom is 0.257 e. The molecule has 6 nitrogen and oxygen atoms in total. The third kappa shape index (κ3) is 4.92. The Morgan fingerprint density at radius 1 is 1.16 bits per heavy atom. The lowest BCUT2D eigenvalue weighted by atomic mass is 10.1. The van der Waals surface area contributed by atoms with Crippen LogP contribution in [0.3, 0.4) is 0 Å². The van der Waals surface area contributed by atoms with Gasteiger partial charge in [-0.25, -0.2) is 0 Å². The van der Waals surface area contributed by atoms with Crippen LogP contribution in [0.5, 0.6) is 11.5 Å². The van der Waals surface area contributed by atoms with Crippen LogP contribution in [0.1, 0.15) is 10.4 Å². The molecule has 0 bridgehead atoms. The van der Waals surface area contributed by atoms with Crippen LogP contribution < -0.4 is 9.47 Å². The molecule has 25 heavy (non-hydrogen) atoms. The van der Waals surface area contributed by atoms with Gasteiger partial charge in [-0.2, -0.15) is 0 Å². The standard InChI is InChI=1S/C18H24N2O4S/c1-4-11-25-13-17(21)19-7-9-20(10-8-19)18(22)15-6-5-14(23-2)12-16(15)24-3/h4-6,12H,1,7-11,13H2,2-3H3. The Labute approximate surface area is 152 Å². The Kier molecular flexibility index (Phi) is 7.18. The molecule has 0 N–H and O–H groups in total. The summed E-state index contributed by atoms with van der Waals surface area (Å²) in [6.07, 6.45) is 1.79. The molecule has 136 valence electrons. The molecular weight excluding hydrogens is 340 g/mol. The van der Waals surface area contributed by atoms with Crippen LogP contribution in [0.4, 0.5) is 0 Å². The lowest BCUT2D eigenvalue weighted by Crippen LogP contribution is -2.51. The molecule has 0 spiro atoms. The summed E-state index contributed by atoms with van der Waals surface area (Å²) in [4.78, 5) is 28.4. The molecule has 1 aromatic carbocycles. The van der Waals surface area contributed by atoms with E-state index in [2.05, 4.69) is 6.58 Å². The monoisotopic (exact) mass is 364 g/mol. The molecular formula is C18H24N2O4S. The molecule has 0 radical (unpaired) electrons. The first-order valence-corrected chi connectivity index (χ1v) is 9.24. The van der Waals surface area contributed by atoms with Gasteiger partial charge in [-0.3, -0.25) is 9.59 Å². The summed E-state index contributed by atoms with van der Waals surface area (Å²) in [5.41, 5.74) is 0.504. The minimum Gasteiger partial charge on any atom is -0.497 e. The van der Waals surface area contributed by atoms with Gasteiger partial charge in [0.1, 0.15) is 11.5 Å². The maximum absolute atomic E-state index is 12.8. The van der Waals surface area contributed by atoms with Gasteiger partial charge < -0.3 is 19.3 Å². The van der Waals surface area contributed by atoms with E-state index in [0.29, 0.717) is 49.0 Å². The summed E-state index contributed by atoms with van der Waals surface area (Å²) < 4.78 is 10.5. The van der Waals surface area contributed by atoms with Gasteiger partial charge in [0.25, 0.3) is 5.91 Å². The smallest absolute Gasteiger partial charge is 0.257 e. The van der Waals surface area contributed by atoms with Crippen LogP contribution in [-0.2, 0) is 4.79 Å². The van der Waals surface area contributed by atoms with Crippen LogP contribution >= 0.6 is 11.8 Å². The van der Waals surface area contributed by atoms with Gasteiger partial charge in [-0.15, -0.1) is 18.3 Å². The highest BCUT2D eigenvalue weighted by Gasteiger charge is 2.26. The second-order valence-electron chi connectivity index (χ2n) is 5.54. The minimum absolute atomic E-state index is 0.0902. The van der Waals surface area contributed by atoms with Crippen molar-refractivity contribution in [3.63, 3.8) is 0 Å². The van der Waals surface area contributed by atoms with Crippen molar-refractivity contribution >= 4 is 23.6 Å². The molecule has 0 unspecified atom stereocenters. The molecule has 7 heteroatoms. The minimum atomic E-state index is -0.0902. The number of carbonyl (C=O) groups excluding carboxylic acids is 2. The van der Waals surface area contributed by atoms with Crippen LogP contribution in [0.2, 0.25) is 0 Å². The average Bonchev–Trinajstić information content (AvgIpc) is 2.67. The number of benzene rings is 1. The Morgan fingerprint density at radius 3 is 2.44 bits per heavy atom. The molecule has 2 rings (SSSR count). The van der Waals surface area contributed by atoms with Crippen LogP contribution in [0.25, 0.3) is 0 Å². The third-order valence-electron chi connectivity index (χ3n) is 4.02. The highest BCUT2D eigenvalue weighted by Crippen LogP contribution is 2.26. The van der Waals surface area contributed by atoms with E-state index in [1.54, 1.807) is 48.0 Å². The highest BCUT2D eigenvalue weighted by atomic mass is 32.2. The number of methoxy groups -OCH3 is 2. The predicted molar refractivity (Wildman–Crippen MR) is 99.6 cm³/mol. The second kappa shape index (κ2) is 9.36. The van der Waals surface area contributed by atoms with Crippen LogP contribution in [0.15, 0.2) is 30.9 Å². The van der Waals surface area contributed by atoms with E-state index in [0.717, 1.165) is 5.75 Å². The Morgan fingerprint density at radius 2 is 1.84 bits per heavy atom. The van der Waals surface area contributed by atoms with Gasteiger partial charge in [0.15, 0.2) is 0 Å². The fourth-order valence-corrected chi connectivity index (χ4v) is 3.27. The Bertz CT molecular complexity index is 628. The SMILES string of the molecule is C=CCSCC(=O)N1CCN(C(=O)c2ccc(OC)cc2OC)CC1. The molecule has 1 aliphatic rings. The van der Waals surface area contributed by atoms with Gasteiger partial charge in [0.2, 0.25) is 5.91 Å². The molecule has 1 aromatic rings. The van der Waals surface area contributed by atoms with E-state index >= 15 is 0 Å². The molecule has 2 amide bonds. The quantitative estimate of drug-likeness (QED) is 0.546. The zero-order chi connectivity index (χ0) is 18.2. The van der Waals surface area contributed by atoms with Gasteiger partial charge in [-0.05, 0) is 12.1 Å². The second-order valence-corrected chi connectivity index (χ2v) is 6.57. The topological polar surface area (TPSA) is 59.1 Å². The average molecular weight is 364 g/mol. The number of nitrogens with zero attached hydrogens (tertiary/aromatic N) is 2. The predicted octanol–water partition coefficient (Wildman–Crippen LogP) is 1.91. The summed E-state index contributed by atoms with van der Waals surface area (Å²) in [7, 11) is 3.10. The third-order valence-corrected chi connectivity index (χ3v) is 4.94. The number of hydrogen-bond donors (Lipinski definition) is 0. The van der Waals surface area contributed by atoms with Gasteiger partial charge in [0.05, 0.1) is 25.5 Å². The van der Waals surface area contributed by atoms with E-state index in [1.165, 1.54) is 7.11 Å². The van der Waals surface area contributed by atoms with Gasteiger partial charge in [0, 0.05) is 38.0 Å². The van der Waals surface area contributed by atoms with E-state index < -0.39 is 0 Å². The Hall–Kier alpha value is -2.15. The van der Waals surface area contributed by atoms with Crippen molar-refractivity contribution in [3.8, 4) is 11.5 Å². The molecule has 0 atom stereocenters. The maximum atomic E-state index is 12.8. The summed E-state index contributed by atoms with van der Waals surface area (Å²) in [6, 6.07) is 5.15. The molecule has 1 aliphatic heterocycles. The van der Waals surface area contributed by atoms with Crippen molar-refractivity contribution in [1.29, 1.82) is 0 Å². The van der Waals surface area contributed by atoms with Crippen molar-refractivity contribution in [2.75, 3.05) is 51.9 Å². The van der Waals surface area contributed by atoms with E-state index in [9.17, 15) is 9.59 Å². The van der Waals surface area contributed by atoms with Crippen molar-refractivity contribution < 1.29 is 19.1 Å². The summed E-state index contributed by atoms with van der Waals surface area (Å²) in [5.74, 6) is 2.37. The summed E-state index contributed by atoms with van der Waals surface area (Å²) in [5, 5.41) is 0. The van der Waals surface area contributed by atoms with E-state index in [-0.39, 0.29) is 11.8 Å². The zero-order valence-electron chi connectivity index (χ0n) is 14.7. The molecule has 1 saturated heterocycles. The molecule has 0 aromatic heterocycles. The normalized spacial score (nSPS) is 14.2. The van der Waals surface area contributed by atoms with Crippen molar-refractivity contribution in [2.24, 2.45) is 0 Å². The fourth-order valence-electron chi connectivity index (χ4n) is 2.63. The number of rotatable bonds is 7. The number of hydrogen-bond acceptors (Lipinski definition) is 5. The number of amides is 2. The summed E-state index contributed by atoms with van der Waals surface area (Å²) in [6.45, 7) is 5.79. The molecule has 1 fully saturated rings. The molecule has 0 saturated carbocycles. The molecule has 0 aliphatic carbocycles. The van der Waals surface area contributed by atoms with Crippen molar-refractivity contribution in [3.05, 3.63) is 36.4 Å². The van der Waals surface area contributed by atoms with E-state index in [1.807, 2.05) is 4.90 Å².